The molecule has 0 aromatic heterocycles. The van der Waals surface area contributed by atoms with Crippen molar-refractivity contribution in [3.05, 3.63) is 35.9 Å². The van der Waals surface area contributed by atoms with E-state index in [1.54, 1.807) is 24.3 Å². The zero-order valence-corrected chi connectivity index (χ0v) is 15.2. The Labute approximate surface area is 149 Å². The van der Waals surface area contributed by atoms with Gasteiger partial charge in [0.1, 0.15) is 5.84 Å². The number of unbranched alkanes of at least 4 members (excludes halogenated alkanes) is 3. The topological polar surface area (TPSA) is 93.8 Å². The van der Waals surface area contributed by atoms with E-state index in [1.807, 2.05) is 19.9 Å². The third-order valence-corrected chi connectivity index (χ3v) is 3.81. The number of amides is 1. The lowest BCUT2D eigenvalue weighted by atomic mass is 10.1. The largest absolute Gasteiger partial charge is 0.463 e. The smallest absolute Gasteiger partial charge is 0.306 e. The van der Waals surface area contributed by atoms with E-state index in [2.05, 4.69) is 10.5 Å². The van der Waals surface area contributed by atoms with Crippen molar-refractivity contribution >= 4 is 17.7 Å². The summed E-state index contributed by atoms with van der Waals surface area (Å²) in [7, 11) is 0. The predicted molar refractivity (Wildman–Crippen MR) is 99.1 cm³/mol. The molecule has 6 nitrogen and oxygen atoms in total. The zero-order valence-electron chi connectivity index (χ0n) is 15.2. The summed E-state index contributed by atoms with van der Waals surface area (Å²) in [4.78, 5) is 23.3. The van der Waals surface area contributed by atoms with Gasteiger partial charge in [-0.15, -0.1) is 0 Å². The number of carbonyl (C=O) groups is 2. The van der Waals surface area contributed by atoms with E-state index in [-0.39, 0.29) is 18.0 Å². The molecule has 0 saturated carbocycles. The van der Waals surface area contributed by atoms with Gasteiger partial charge in [0.15, 0.2) is 0 Å². The zero-order chi connectivity index (χ0) is 18.5. The van der Waals surface area contributed by atoms with E-state index in [1.165, 1.54) is 0 Å². The maximum atomic E-state index is 11.8. The van der Waals surface area contributed by atoms with Crippen LogP contribution >= 0.6 is 0 Å². The molecule has 3 N–H and O–H groups in total. The molecule has 25 heavy (non-hydrogen) atoms. The molecule has 0 heterocycles. The normalized spacial score (nSPS) is 12.5. The van der Waals surface area contributed by atoms with Gasteiger partial charge in [-0.05, 0) is 38.3 Å². The third-order valence-electron chi connectivity index (χ3n) is 3.81. The fourth-order valence-electron chi connectivity index (χ4n) is 2.13. The average molecular weight is 347 g/mol. The molecule has 0 radical (unpaired) electrons. The number of hydrogen-bond donors (Lipinski definition) is 2. The van der Waals surface area contributed by atoms with Crippen LogP contribution in [0, 0.1) is 0 Å². The Balaban J connectivity index is 2.11. The fraction of sp³-hybridized carbons (Fsp3) is 0.526. The second-order valence-electron chi connectivity index (χ2n) is 6.03. The molecule has 1 aromatic carbocycles. The molecule has 0 spiro atoms. The van der Waals surface area contributed by atoms with Gasteiger partial charge in [-0.25, -0.2) is 5.43 Å². The SMILES string of the molecule is CCC(C)OC(=O)CCCCCCC(N)=NNC(=O)c1ccccc1. The molecule has 138 valence electrons. The monoisotopic (exact) mass is 347 g/mol. The molecule has 1 aromatic rings. The van der Waals surface area contributed by atoms with Gasteiger partial charge in [-0.3, -0.25) is 9.59 Å². The van der Waals surface area contributed by atoms with Gasteiger partial charge >= 0.3 is 5.97 Å². The maximum absolute atomic E-state index is 11.8. The van der Waals surface area contributed by atoms with E-state index < -0.39 is 0 Å². The van der Waals surface area contributed by atoms with E-state index in [9.17, 15) is 9.59 Å². The van der Waals surface area contributed by atoms with E-state index >= 15 is 0 Å². The molecule has 1 atom stereocenters. The molecule has 0 saturated heterocycles. The number of benzene rings is 1. The van der Waals surface area contributed by atoms with Gasteiger partial charge in [-0.2, -0.15) is 5.10 Å². The Morgan fingerprint density at radius 1 is 1.12 bits per heavy atom. The van der Waals surface area contributed by atoms with Crippen LogP contribution in [0.4, 0.5) is 0 Å². The molecule has 0 bridgehead atoms. The van der Waals surface area contributed by atoms with Crippen LogP contribution in [-0.2, 0) is 9.53 Å². The molecule has 1 unspecified atom stereocenters. The third kappa shape index (κ3) is 9.49. The molecule has 0 aliphatic heterocycles. The molecular formula is C19H29N3O3. The van der Waals surface area contributed by atoms with Gasteiger partial charge in [0, 0.05) is 18.4 Å². The number of nitrogens with zero attached hydrogens (tertiary/aromatic N) is 1. The summed E-state index contributed by atoms with van der Waals surface area (Å²) in [6, 6.07) is 8.86. The number of hydrazone groups is 1. The number of esters is 1. The lowest BCUT2D eigenvalue weighted by Gasteiger charge is -2.10. The Morgan fingerprint density at radius 2 is 1.76 bits per heavy atom. The lowest BCUT2D eigenvalue weighted by Crippen LogP contribution is -2.23. The molecule has 0 aliphatic carbocycles. The first kappa shape index (κ1) is 20.7. The first-order chi connectivity index (χ1) is 12.0. The highest BCUT2D eigenvalue weighted by molar-refractivity contribution is 5.95. The van der Waals surface area contributed by atoms with E-state index in [4.69, 9.17) is 10.5 Å². The van der Waals surface area contributed by atoms with Crippen molar-refractivity contribution in [1.29, 1.82) is 0 Å². The molecule has 0 fully saturated rings. The quantitative estimate of drug-likeness (QED) is 0.211. The van der Waals surface area contributed by atoms with Gasteiger partial charge in [-0.1, -0.05) is 38.0 Å². The van der Waals surface area contributed by atoms with Crippen molar-refractivity contribution in [2.24, 2.45) is 10.8 Å². The second kappa shape index (κ2) is 12.1. The number of carbonyl (C=O) groups excluding carboxylic acids is 2. The highest BCUT2D eigenvalue weighted by Crippen LogP contribution is 2.08. The van der Waals surface area contributed by atoms with Crippen molar-refractivity contribution in [2.75, 3.05) is 0 Å². The minimum atomic E-state index is -0.275. The van der Waals surface area contributed by atoms with Crippen LogP contribution in [-0.4, -0.2) is 23.8 Å². The number of nitrogens with one attached hydrogen (secondary N) is 1. The number of nitrogens with two attached hydrogens (primary N) is 1. The maximum Gasteiger partial charge on any atom is 0.306 e. The molecular weight excluding hydrogens is 318 g/mol. The van der Waals surface area contributed by atoms with Crippen LogP contribution < -0.4 is 11.2 Å². The van der Waals surface area contributed by atoms with Gasteiger partial charge in [0.25, 0.3) is 5.91 Å². The van der Waals surface area contributed by atoms with Crippen LogP contribution in [0.25, 0.3) is 0 Å². The van der Waals surface area contributed by atoms with Crippen molar-refractivity contribution in [3.63, 3.8) is 0 Å². The summed E-state index contributed by atoms with van der Waals surface area (Å²) in [6.07, 6.45) is 5.50. The number of ether oxygens (including phenoxy) is 1. The lowest BCUT2D eigenvalue weighted by molar-refractivity contribution is -0.148. The first-order valence-electron chi connectivity index (χ1n) is 8.89. The Bertz CT molecular complexity index is 558. The molecule has 1 amide bonds. The molecule has 1 rings (SSSR count). The van der Waals surface area contributed by atoms with Crippen molar-refractivity contribution in [1.82, 2.24) is 5.43 Å². The average Bonchev–Trinajstić information content (AvgIpc) is 2.63. The standard InChI is InChI=1S/C19H29N3O3/c1-3-15(2)25-18(23)14-10-5-4-9-13-17(20)21-22-19(24)16-11-7-6-8-12-16/h6-8,11-12,15H,3-5,9-10,13-14H2,1-2H3,(H2,20,21)(H,22,24). The highest BCUT2D eigenvalue weighted by atomic mass is 16.5. The van der Waals surface area contributed by atoms with E-state index in [0.717, 1.165) is 32.1 Å². The summed E-state index contributed by atoms with van der Waals surface area (Å²) in [6.45, 7) is 3.89. The van der Waals surface area contributed by atoms with Crippen LogP contribution in [0.2, 0.25) is 0 Å². The van der Waals surface area contributed by atoms with Crippen LogP contribution in [0.3, 0.4) is 0 Å². The number of rotatable bonds is 11. The summed E-state index contributed by atoms with van der Waals surface area (Å²) in [5.74, 6) is 0.00267. The minimum Gasteiger partial charge on any atom is -0.463 e. The van der Waals surface area contributed by atoms with Crippen molar-refractivity contribution < 1.29 is 14.3 Å². The van der Waals surface area contributed by atoms with Crippen molar-refractivity contribution in [3.8, 4) is 0 Å². The highest BCUT2D eigenvalue weighted by Gasteiger charge is 2.07. The summed E-state index contributed by atoms with van der Waals surface area (Å²) in [5.41, 5.74) is 8.79. The fourth-order valence-corrected chi connectivity index (χ4v) is 2.13. The van der Waals surface area contributed by atoms with Gasteiger partial charge in [0.05, 0.1) is 6.10 Å². The summed E-state index contributed by atoms with van der Waals surface area (Å²) < 4.78 is 5.22. The summed E-state index contributed by atoms with van der Waals surface area (Å²) in [5, 5.41) is 3.91. The first-order valence-corrected chi connectivity index (χ1v) is 8.89. The van der Waals surface area contributed by atoms with E-state index in [0.29, 0.717) is 24.2 Å². The molecule has 6 heteroatoms. The minimum absolute atomic E-state index is 0.00499. The molecule has 0 aliphatic rings. The Morgan fingerprint density at radius 3 is 2.40 bits per heavy atom. The van der Waals surface area contributed by atoms with Crippen LogP contribution in [0.1, 0.15) is 69.2 Å². The van der Waals surface area contributed by atoms with Crippen LogP contribution in [0.15, 0.2) is 35.4 Å². The van der Waals surface area contributed by atoms with Crippen LogP contribution in [0.5, 0.6) is 0 Å². The number of hydrogen-bond acceptors (Lipinski definition) is 4. The van der Waals surface area contributed by atoms with Gasteiger partial charge < -0.3 is 10.5 Å². The Kier molecular flexibility index (Phi) is 9.97. The Hall–Kier alpha value is -2.37. The summed E-state index contributed by atoms with van der Waals surface area (Å²) >= 11 is 0. The number of amidine groups is 1. The van der Waals surface area contributed by atoms with Crippen molar-refractivity contribution in [2.45, 2.75) is 64.9 Å². The van der Waals surface area contributed by atoms with Gasteiger partial charge in [0.2, 0.25) is 0 Å². The predicted octanol–water partition coefficient (Wildman–Crippen LogP) is 3.37. The second-order valence-corrected chi connectivity index (χ2v) is 6.03.